The molecular formula is C27H37FN5O9P. The van der Waals surface area contributed by atoms with Crippen LogP contribution in [-0.4, -0.2) is 93.9 Å². The Morgan fingerprint density at radius 2 is 2.00 bits per heavy atom. The summed E-state index contributed by atoms with van der Waals surface area (Å²) in [6.07, 6.45) is 0.611. The van der Waals surface area contributed by atoms with Crippen molar-refractivity contribution in [2.75, 3.05) is 6.61 Å². The van der Waals surface area contributed by atoms with E-state index in [1.54, 1.807) is 25.1 Å². The molecule has 1 saturated heterocycles. The molecule has 5 rings (SSSR count). The van der Waals surface area contributed by atoms with E-state index in [2.05, 4.69) is 20.4 Å². The number of amides is 1. The number of nitrogens with zero attached hydrogens (tertiary/aromatic N) is 3. The third-order valence-electron chi connectivity index (χ3n) is 7.83. The number of esters is 1. The molecular weight excluding hydrogens is 588 g/mol. The second-order valence-electron chi connectivity index (χ2n) is 11.4. The quantitative estimate of drug-likeness (QED) is 0.220. The van der Waals surface area contributed by atoms with Gasteiger partial charge in [0.25, 0.3) is 11.8 Å². The van der Waals surface area contributed by atoms with E-state index in [1.165, 1.54) is 30.3 Å². The van der Waals surface area contributed by atoms with Crippen LogP contribution in [0, 0.1) is 0 Å². The molecule has 4 unspecified atom stereocenters. The first-order valence-corrected chi connectivity index (χ1v) is 15.8. The highest BCUT2D eigenvalue weighted by molar-refractivity contribution is 7.52. The summed E-state index contributed by atoms with van der Waals surface area (Å²) >= 11 is 0. The predicted octanol–water partition coefficient (Wildman–Crippen LogP) is 1.76. The third kappa shape index (κ3) is 6.61. The third-order valence-corrected chi connectivity index (χ3v) is 9.45. The van der Waals surface area contributed by atoms with Crippen molar-refractivity contribution in [1.82, 2.24) is 15.3 Å². The number of carbonyl (C=O) groups excluding carboxylic acids is 2. The van der Waals surface area contributed by atoms with Gasteiger partial charge in [0.05, 0.1) is 6.34 Å². The highest BCUT2D eigenvalue weighted by atomic mass is 31.2. The molecule has 16 heteroatoms. The summed E-state index contributed by atoms with van der Waals surface area (Å²) in [5, 5.41) is 27.1. The van der Waals surface area contributed by atoms with E-state index in [4.69, 9.17) is 18.5 Å². The van der Waals surface area contributed by atoms with Gasteiger partial charge >= 0.3 is 13.7 Å². The Kier molecular flexibility index (Phi) is 8.94. The fraction of sp³-hybridized carbons (Fsp3) is 0.630. The smallest absolute Gasteiger partial charge is 0.459 e. The van der Waals surface area contributed by atoms with Crippen LogP contribution < -0.4 is 14.9 Å². The molecule has 8 atom stereocenters. The van der Waals surface area contributed by atoms with Crippen molar-refractivity contribution in [2.45, 2.75) is 101 Å². The SMILES string of the molecule is CC1=NC2C(N=CN2[C@@H]2O[C@](F)(COP(=O)(NC(C)C(=O)OC3CCCCC3)Oc3ccccc3)[C@@H](O)[C@@]2(C)O)C(=O)N1. The average molecular weight is 626 g/mol. The molecule has 4 N–H and O–H groups in total. The van der Waals surface area contributed by atoms with Gasteiger partial charge in [0.15, 0.2) is 18.4 Å². The normalized spacial score (nSPS) is 34.6. The molecule has 1 aromatic rings. The molecule has 0 radical (unpaired) electrons. The number of aliphatic imine (C=N–C) groups is 2. The number of amidine groups is 1. The first-order chi connectivity index (χ1) is 20.3. The van der Waals surface area contributed by atoms with Gasteiger partial charge in [0.2, 0.25) is 0 Å². The van der Waals surface area contributed by atoms with Crippen LogP contribution in [0.1, 0.15) is 52.9 Å². The molecule has 1 aliphatic carbocycles. The fourth-order valence-corrected chi connectivity index (χ4v) is 7.02. The maximum atomic E-state index is 16.3. The lowest BCUT2D eigenvalue weighted by atomic mass is 9.94. The lowest BCUT2D eigenvalue weighted by Crippen LogP contribution is -2.58. The molecule has 1 aromatic carbocycles. The molecule has 1 saturated carbocycles. The second kappa shape index (κ2) is 12.2. The Labute approximate surface area is 248 Å². The lowest BCUT2D eigenvalue weighted by Gasteiger charge is -2.36. The van der Waals surface area contributed by atoms with Gasteiger partial charge in [-0.3, -0.25) is 19.1 Å². The fourth-order valence-electron chi connectivity index (χ4n) is 5.52. The van der Waals surface area contributed by atoms with Gasteiger partial charge in [-0.05, 0) is 58.6 Å². The Bertz CT molecular complexity index is 1310. The average Bonchev–Trinajstić information content (AvgIpc) is 3.46. The van der Waals surface area contributed by atoms with Gasteiger partial charge in [-0.2, -0.15) is 5.09 Å². The highest BCUT2D eigenvalue weighted by Gasteiger charge is 2.66. The van der Waals surface area contributed by atoms with Crippen LogP contribution >= 0.6 is 7.75 Å². The zero-order chi connectivity index (χ0) is 31.0. The molecule has 3 heterocycles. The molecule has 0 bridgehead atoms. The summed E-state index contributed by atoms with van der Waals surface area (Å²) in [5.41, 5.74) is -2.26. The maximum absolute atomic E-state index is 16.3. The number of halogens is 1. The number of rotatable bonds is 10. The van der Waals surface area contributed by atoms with Crippen molar-refractivity contribution in [2.24, 2.45) is 9.98 Å². The zero-order valence-electron chi connectivity index (χ0n) is 24.1. The predicted molar refractivity (Wildman–Crippen MR) is 151 cm³/mol. The maximum Gasteiger partial charge on any atom is 0.459 e. The van der Waals surface area contributed by atoms with Crippen molar-refractivity contribution in [3.63, 3.8) is 0 Å². The Balaban J connectivity index is 1.32. The number of hydrogen-bond acceptors (Lipinski definition) is 12. The monoisotopic (exact) mass is 625 g/mol. The number of hydrogen-bond donors (Lipinski definition) is 4. The molecule has 236 valence electrons. The summed E-state index contributed by atoms with van der Waals surface area (Å²) in [6.45, 7) is 2.94. The van der Waals surface area contributed by atoms with E-state index in [1.807, 2.05) is 0 Å². The first kappa shape index (κ1) is 31.5. The number of alkyl halides is 1. The number of nitrogens with one attached hydrogen (secondary N) is 2. The standard InChI is InChI=1S/C27H37FN5O9P/c1-16(23(35)40-18-10-6-4-7-11-18)32-43(38,42-19-12-8-5-9-13-19)39-14-27(28)24(36)26(3,37)25(41-27)33-15-29-20-21(33)30-17(2)31-22(20)34/h5,8-9,12-13,15-16,18,20-21,24-25,36-37H,4,6-7,10-11,14H2,1-3H3,(H,32,38)(H,30,31,34)/t16?,20?,21?,24-,25+,26+,27+,43?/m0/s1. The van der Waals surface area contributed by atoms with E-state index in [9.17, 15) is 24.4 Å². The number of benzene rings is 1. The van der Waals surface area contributed by atoms with Gasteiger partial charge in [0, 0.05) is 0 Å². The van der Waals surface area contributed by atoms with Gasteiger partial charge in [-0.25, -0.2) is 13.9 Å². The molecule has 4 aliphatic rings. The van der Waals surface area contributed by atoms with Gasteiger partial charge in [-0.1, -0.05) is 24.6 Å². The number of ether oxygens (including phenoxy) is 2. The summed E-state index contributed by atoms with van der Waals surface area (Å²) in [4.78, 5) is 34.8. The molecule has 0 spiro atoms. The van der Waals surface area contributed by atoms with Crippen molar-refractivity contribution >= 4 is 31.8 Å². The van der Waals surface area contributed by atoms with Crippen molar-refractivity contribution < 1.29 is 47.3 Å². The van der Waals surface area contributed by atoms with Gasteiger partial charge < -0.3 is 34.4 Å². The number of para-hydroxylation sites is 1. The lowest BCUT2D eigenvalue weighted by molar-refractivity contribution is -0.208. The van der Waals surface area contributed by atoms with E-state index in [0.717, 1.165) is 39.0 Å². The summed E-state index contributed by atoms with van der Waals surface area (Å²) in [7, 11) is -4.53. The molecule has 14 nitrogen and oxygen atoms in total. The van der Waals surface area contributed by atoms with Crippen molar-refractivity contribution in [3.8, 4) is 5.75 Å². The molecule has 3 aliphatic heterocycles. The minimum atomic E-state index is -4.53. The van der Waals surface area contributed by atoms with E-state index in [0.29, 0.717) is 0 Å². The first-order valence-electron chi connectivity index (χ1n) is 14.2. The largest absolute Gasteiger partial charge is 0.461 e. The summed E-state index contributed by atoms with van der Waals surface area (Å²) in [5.74, 6) is -3.85. The highest BCUT2D eigenvalue weighted by Crippen LogP contribution is 2.49. The zero-order valence-corrected chi connectivity index (χ0v) is 25.0. The molecule has 2 fully saturated rings. The number of carbonyl (C=O) groups is 2. The molecule has 1 amide bonds. The number of fused-ring (bicyclic) bond motifs is 1. The van der Waals surface area contributed by atoms with Crippen LogP contribution in [-0.2, 0) is 28.2 Å². The Morgan fingerprint density at radius 3 is 2.70 bits per heavy atom. The molecule has 43 heavy (non-hydrogen) atoms. The van der Waals surface area contributed by atoms with Gasteiger partial charge in [0.1, 0.15) is 42.0 Å². The van der Waals surface area contributed by atoms with E-state index in [-0.39, 0.29) is 17.7 Å². The van der Waals surface area contributed by atoms with Crippen molar-refractivity contribution in [1.29, 1.82) is 0 Å². The van der Waals surface area contributed by atoms with E-state index >= 15 is 4.39 Å². The Morgan fingerprint density at radius 1 is 1.30 bits per heavy atom. The van der Waals surface area contributed by atoms with Crippen LogP contribution in [0.15, 0.2) is 40.3 Å². The topological polar surface area (TPSA) is 181 Å². The Hall–Kier alpha value is -2.94. The summed E-state index contributed by atoms with van der Waals surface area (Å²) < 4.78 is 52.4. The minimum absolute atomic E-state index is 0.0972. The van der Waals surface area contributed by atoms with Crippen LogP contribution in [0.4, 0.5) is 4.39 Å². The van der Waals surface area contributed by atoms with E-state index < -0.39 is 68.3 Å². The minimum Gasteiger partial charge on any atom is -0.461 e. The second-order valence-corrected chi connectivity index (χ2v) is 13.1. The van der Waals surface area contributed by atoms with Crippen LogP contribution in [0.3, 0.4) is 0 Å². The summed E-state index contributed by atoms with van der Waals surface area (Å²) in [6, 6.07) is 5.76. The molecule has 0 aromatic heterocycles. The number of aliphatic hydroxyl groups excluding tert-OH is 1. The van der Waals surface area contributed by atoms with Gasteiger partial charge in [-0.15, -0.1) is 0 Å². The van der Waals surface area contributed by atoms with Crippen molar-refractivity contribution in [3.05, 3.63) is 30.3 Å². The number of aliphatic hydroxyl groups is 2. The van der Waals surface area contributed by atoms with Crippen LogP contribution in [0.5, 0.6) is 5.75 Å². The van der Waals surface area contributed by atoms with Crippen LogP contribution in [0.25, 0.3) is 0 Å². The van der Waals surface area contributed by atoms with Crippen LogP contribution in [0.2, 0.25) is 0 Å².